The summed E-state index contributed by atoms with van der Waals surface area (Å²) in [5.74, 6) is -0.836. The molecule has 1 heterocycles. The highest BCUT2D eigenvalue weighted by molar-refractivity contribution is 6.39. The third-order valence-electron chi connectivity index (χ3n) is 5.89. The van der Waals surface area contributed by atoms with E-state index in [2.05, 4.69) is 5.32 Å². The van der Waals surface area contributed by atoms with Gasteiger partial charge in [-0.1, -0.05) is 29.8 Å². The molecule has 1 saturated heterocycles. The second-order valence-corrected chi connectivity index (χ2v) is 8.88. The van der Waals surface area contributed by atoms with Gasteiger partial charge in [-0.05, 0) is 36.3 Å². The van der Waals surface area contributed by atoms with Crippen LogP contribution in [-0.2, 0) is 16.2 Å². The van der Waals surface area contributed by atoms with Gasteiger partial charge in [-0.25, -0.2) is 9.69 Å². The topological polar surface area (TPSA) is 147 Å². The van der Waals surface area contributed by atoms with Crippen LogP contribution in [0.2, 0.25) is 5.02 Å². The summed E-state index contributed by atoms with van der Waals surface area (Å²) >= 11 is 6.16. The summed E-state index contributed by atoms with van der Waals surface area (Å²) in [7, 11) is 2.71. The molecule has 12 nitrogen and oxygen atoms in total. The van der Waals surface area contributed by atoms with Crippen molar-refractivity contribution >= 4 is 46.9 Å². The van der Waals surface area contributed by atoms with E-state index in [4.69, 9.17) is 30.5 Å². The Labute approximate surface area is 239 Å². The summed E-state index contributed by atoms with van der Waals surface area (Å²) < 4.78 is 22.0. The first-order chi connectivity index (χ1) is 19.7. The van der Waals surface area contributed by atoms with Gasteiger partial charge in [0.2, 0.25) is 0 Å². The molecule has 0 radical (unpaired) electrons. The highest BCUT2D eigenvalue weighted by Gasteiger charge is 2.38. The van der Waals surface area contributed by atoms with E-state index >= 15 is 0 Å². The maximum atomic E-state index is 13.5. The molecule has 1 aliphatic rings. The number of carbonyl (C=O) groups is 3. The third kappa shape index (κ3) is 6.23. The fourth-order valence-electron chi connectivity index (χ4n) is 3.98. The number of hydrogen-bond donors (Lipinski definition) is 1. The van der Waals surface area contributed by atoms with Crippen LogP contribution in [0.3, 0.4) is 0 Å². The molecule has 13 heteroatoms. The van der Waals surface area contributed by atoms with Crippen molar-refractivity contribution < 1.29 is 38.3 Å². The summed E-state index contributed by atoms with van der Waals surface area (Å²) in [4.78, 5) is 50.2. The summed E-state index contributed by atoms with van der Waals surface area (Å²) in [6.07, 6.45) is 1.31. The Balaban J connectivity index is 1.65. The van der Waals surface area contributed by atoms with Crippen LogP contribution >= 0.6 is 11.6 Å². The maximum absolute atomic E-state index is 13.5. The lowest BCUT2D eigenvalue weighted by Crippen LogP contribution is -2.54. The number of imide groups is 2. The van der Waals surface area contributed by atoms with Crippen LogP contribution in [0.25, 0.3) is 6.08 Å². The number of nitrogens with zero attached hydrogens (tertiary/aromatic N) is 2. The molecule has 4 rings (SSSR count). The number of amides is 4. The first-order valence-electron chi connectivity index (χ1n) is 12.1. The summed E-state index contributed by atoms with van der Waals surface area (Å²) in [5.41, 5.74) is 0.625. The standard InChI is InChI=1S/C28H24ClN3O9/c1-4-40-25-12-16(8-9-22(25)41-15-17-6-5-7-18(10-17)32(36)37)11-19-26(33)30-28(35)31(27(19)34)21-14-23(38-2)20(29)13-24(21)39-3/h5-14H,4,15H2,1-3H3,(H,30,33,35)/b19-11+. The number of hydrogen-bond acceptors (Lipinski definition) is 9. The lowest BCUT2D eigenvalue weighted by molar-refractivity contribution is -0.384. The van der Waals surface area contributed by atoms with Gasteiger partial charge in [0, 0.05) is 24.3 Å². The van der Waals surface area contributed by atoms with E-state index in [1.54, 1.807) is 37.3 Å². The number of benzene rings is 3. The quantitative estimate of drug-likeness (QED) is 0.153. The normalized spacial score (nSPS) is 14.1. The molecule has 0 aliphatic carbocycles. The predicted octanol–water partition coefficient (Wildman–Crippen LogP) is 4.91. The SMILES string of the molecule is CCOc1cc(/C=C2\C(=O)NC(=O)N(c3cc(OC)c(Cl)cc3OC)C2=O)ccc1OCc1cccc([N+](=O)[O-])c1. The van der Waals surface area contributed by atoms with Gasteiger partial charge in [0.05, 0.1) is 36.5 Å². The summed E-state index contributed by atoms with van der Waals surface area (Å²) in [5, 5.41) is 13.4. The number of methoxy groups -OCH3 is 2. The minimum absolute atomic E-state index is 0.0227. The number of carbonyl (C=O) groups excluding carboxylic acids is 3. The van der Waals surface area contributed by atoms with E-state index in [-0.39, 0.29) is 46.7 Å². The molecule has 41 heavy (non-hydrogen) atoms. The van der Waals surface area contributed by atoms with E-state index in [0.29, 0.717) is 22.6 Å². The molecule has 3 aromatic carbocycles. The molecule has 1 aliphatic heterocycles. The Morgan fingerprint density at radius 2 is 1.71 bits per heavy atom. The Morgan fingerprint density at radius 1 is 0.951 bits per heavy atom. The highest BCUT2D eigenvalue weighted by Crippen LogP contribution is 2.39. The fourth-order valence-corrected chi connectivity index (χ4v) is 4.22. The number of nitro groups is 1. The molecular weight excluding hydrogens is 558 g/mol. The predicted molar refractivity (Wildman–Crippen MR) is 149 cm³/mol. The monoisotopic (exact) mass is 581 g/mol. The van der Waals surface area contributed by atoms with Crippen LogP contribution in [0.1, 0.15) is 18.1 Å². The molecule has 212 valence electrons. The first kappa shape index (κ1) is 28.9. The number of nitro benzene ring substituents is 1. The molecule has 0 unspecified atom stereocenters. The van der Waals surface area contributed by atoms with E-state index in [9.17, 15) is 24.5 Å². The van der Waals surface area contributed by atoms with E-state index in [1.807, 2.05) is 0 Å². The molecule has 1 N–H and O–H groups in total. The lowest BCUT2D eigenvalue weighted by atomic mass is 10.1. The highest BCUT2D eigenvalue weighted by atomic mass is 35.5. The Kier molecular flexibility index (Phi) is 8.73. The zero-order valence-electron chi connectivity index (χ0n) is 22.1. The molecular formula is C28H24ClN3O9. The molecule has 0 spiro atoms. The largest absolute Gasteiger partial charge is 0.495 e. The van der Waals surface area contributed by atoms with Crippen molar-refractivity contribution in [2.75, 3.05) is 25.7 Å². The van der Waals surface area contributed by atoms with E-state index in [1.165, 1.54) is 44.6 Å². The van der Waals surface area contributed by atoms with Crippen molar-refractivity contribution in [3.8, 4) is 23.0 Å². The Hall–Kier alpha value is -5.10. The number of barbiturate groups is 1. The number of halogens is 1. The Morgan fingerprint density at radius 3 is 2.39 bits per heavy atom. The van der Waals surface area contributed by atoms with Crippen LogP contribution in [0.5, 0.6) is 23.0 Å². The van der Waals surface area contributed by atoms with Crippen LogP contribution in [0.15, 0.2) is 60.2 Å². The van der Waals surface area contributed by atoms with Gasteiger partial charge >= 0.3 is 6.03 Å². The molecule has 3 aromatic rings. The zero-order valence-corrected chi connectivity index (χ0v) is 22.9. The lowest BCUT2D eigenvalue weighted by Gasteiger charge is -2.28. The average molecular weight is 582 g/mol. The fraction of sp³-hybridized carbons (Fsp3) is 0.179. The number of rotatable bonds is 10. The summed E-state index contributed by atoms with van der Waals surface area (Å²) in [6, 6.07) is 12.5. The van der Waals surface area contributed by atoms with Gasteiger partial charge in [0.1, 0.15) is 23.7 Å². The van der Waals surface area contributed by atoms with Crippen LogP contribution in [0.4, 0.5) is 16.2 Å². The molecule has 4 amide bonds. The molecule has 0 aromatic heterocycles. The van der Waals surface area contributed by atoms with Gasteiger partial charge in [0.15, 0.2) is 11.5 Å². The second-order valence-electron chi connectivity index (χ2n) is 8.47. The van der Waals surface area contributed by atoms with Crippen molar-refractivity contribution in [2.45, 2.75) is 13.5 Å². The average Bonchev–Trinajstić information content (AvgIpc) is 2.95. The van der Waals surface area contributed by atoms with E-state index in [0.717, 1.165) is 4.90 Å². The van der Waals surface area contributed by atoms with Gasteiger partial charge in [-0.15, -0.1) is 0 Å². The number of nitrogens with one attached hydrogen (secondary N) is 1. The minimum Gasteiger partial charge on any atom is -0.495 e. The minimum atomic E-state index is -0.972. The van der Waals surface area contributed by atoms with Gasteiger partial charge < -0.3 is 18.9 Å². The molecule has 0 atom stereocenters. The van der Waals surface area contributed by atoms with Crippen molar-refractivity contribution in [1.82, 2.24) is 5.32 Å². The smallest absolute Gasteiger partial charge is 0.336 e. The third-order valence-corrected chi connectivity index (χ3v) is 6.19. The van der Waals surface area contributed by atoms with Crippen LogP contribution in [-0.4, -0.2) is 43.6 Å². The van der Waals surface area contributed by atoms with Crippen LogP contribution < -0.4 is 29.2 Å². The second kappa shape index (κ2) is 12.4. The van der Waals surface area contributed by atoms with Crippen molar-refractivity contribution in [1.29, 1.82) is 0 Å². The van der Waals surface area contributed by atoms with Crippen LogP contribution in [0, 0.1) is 10.1 Å². The maximum Gasteiger partial charge on any atom is 0.336 e. The van der Waals surface area contributed by atoms with Gasteiger partial charge in [-0.3, -0.25) is 25.0 Å². The zero-order chi connectivity index (χ0) is 29.7. The molecule has 0 saturated carbocycles. The number of ether oxygens (including phenoxy) is 4. The number of urea groups is 1. The van der Waals surface area contributed by atoms with Gasteiger partial charge in [-0.2, -0.15) is 0 Å². The van der Waals surface area contributed by atoms with Crippen molar-refractivity contribution in [3.05, 3.63) is 86.4 Å². The molecule has 0 bridgehead atoms. The van der Waals surface area contributed by atoms with E-state index < -0.39 is 22.8 Å². The first-order valence-corrected chi connectivity index (χ1v) is 12.5. The Bertz CT molecular complexity index is 1570. The van der Waals surface area contributed by atoms with Crippen molar-refractivity contribution in [2.24, 2.45) is 0 Å². The number of anilines is 1. The molecule has 1 fully saturated rings. The van der Waals surface area contributed by atoms with Gasteiger partial charge in [0.25, 0.3) is 17.5 Å². The number of non-ortho nitro benzene ring substituents is 1. The van der Waals surface area contributed by atoms with Crippen molar-refractivity contribution in [3.63, 3.8) is 0 Å². The summed E-state index contributed by atoms with van der Waals surface area (Å²) in [6.45, 7) is 2.09.